The third-order valence-electron chi connectivity index (χ3n) is 3.65. The van der Waals surface area contributed by atoms with Gasteiger partial charge in [0.1, 0.15) is 10.0 Å². The van der Waals surface area contributed by atoms with Crippen molar-refractivity contribution >= 4 is 33.2 Å². The molecule has 118 valence electrons. The van der Waals surface area contributed by atoms with Crippen LogP contribution in [0.2, 0.25) is 10.2 Å². The summed E-state index contributed by atoms with van der Waals surface area (Å²) in [6, 6.07) is 1.27. The summed E-state index contributed by atoms with van der Waals surface area (Å²) in [5, 5.41) is 0.220. The van der Waals surface area contributed by atoms with Crippen LogP contribution in [0.15, 0.2) is 17.2 Å². The van der Waals surface area contributed by atoms with Gasteiger partial charge in [0.2, 0.25) is 10.0 Å². The predicted octanol–water partition coefficient (Wildman–Crippen LogP) is 2.82. The molecule has 0 aromatic carbocycles. The molecule has 1 heterocycles. The molecule has 0 radical (unpaired) electrons. The monoisotopic (exact) mass is 352 g/mol. The average Bonchev–Trinajstić information content (AvgIpc) is 3.26. The quantitative estimate of drug-likeness (QED) is 0.708. The Morgan fingerprint density at radius 2 is 2.14 bits per heavy atom. The molecule has 1 saturated carbocycles. The SMILES string of the molecule is COCCN(C(C)C1CC1)S(=O)(=O)c1cnc(Cl)c(Cl)c1. The summed E-state index contributed by atoms with van der Waals surface area (Å²) in [5.74, 6) is 0.410. The van der Waals surface area contributed by atoms with Crippen LogP contribution in [-0.4, -0.2) is 44.0 Å². The Labute approximate surface area is 135 Å². The molecule has 0 amide bonds. The van der Waals surface area contributed by atoms with Crippen LogP contribution >= 0.6 is 23.2 Å². The largest absolute Gasteiger partial charge is 0.383 e. The van der Waals surface area contributed by atoms with E-state index in [4.69, 9.17) is 27.9 Å². The van der Waals surface area contributed by atoms with E-state index in [1.54, 1.807) is 7.11 Å². The highest BCUT2D eigenvalue weighted by Crippen LogP contribution is 2.37. The van der Waals surface area contributed by atoms with Gasteiger partial charge in [0.05, 0.1) is 11.6 Å². The highest BCUT2D eigenvalue weighted by Gasteiger charge is 2.38. The fraction of sp³-hybridized carbons (Fsp3) is 0.615. The average molecular weight is 353 g/mol. The zero-order valence-corrected chi connectivity index (χ0v) is 14.2. The van der Waals surface area contributed by atoms with Gasteiger partial charge in [-0.3, -0.25) is 0 Å². The maximum atomic E-state index is 12.8. The zero-order valence-electron chi connectivity index (χ0n) is 11.9. The highest BCUT2D eigenvalue weighted by molar-refractivity contribution is 7.89. The van der Waals surface area contributed by atoms with Crippen LogP contribution in [0.1, 0.15) is 19.8 Å². The molecule has 1 fully saturated rings. The van der Waals surface area contributed by atoms with Gasteiger partial charge >= 0.3 is 0 Å². The Balaban J connectivity index is 2.33. The molecule has 1 aliphatic carbocycles. The van der Waals surface area contributed by atoms with Gasteiger partial charge in [-0.15, -0.1) is 0 Å². The van der Waals surface area contributed by atoms with Gasteiger partial charge in [0, 0.05) is 25.9 Å². The lowest BCUT2D eigenvalue weighted by Gasteiger charge is -2.28. The van der Waals surface area contributed by atoms with Crippen molar-refractivity contribution in [3.05, 3.63) is 22.4 Å². The number of hydrogen-bond acceptors (Lipinski definition) is 4. The first-order chi connectivity index (χ1) is 9.87. The van der Waals surface area contributed by atoms with Gasteiger partial charge in [0.15, 0.2) is 0 Å². The number of hydrogen-bond donors (Lipinski definition) is 0. The molecular weight excluding hydrogens is 335 g/mol. The Bertz CT molecular complexity index is 605. The standard InChI is InChI=1S/C13H18Cl2N2O3S/c1-9(10-3-4-10)17(5-6-20-2)21(18,19)11-7-12(14)13(15)16-8-11/h7-10H,3-6H2,1-2H3. The van der Waals surface area contributed by atoms with Gasteiger partial charge in [-0.1, -0.05) is 23.2 Å². The van der Waals surface area contributed by atoms with E-state index < -0.39 is 10.0 Å². The van der Waals surface area contributed by atoms with Crippen LogP contribution in [0, 0.1) is 5.92 Å². The fourth-order valence-electron chi connectivity index (χ4n) is 2.22. The van der Waals surface area contributed by atoms with E-state index >= 15 is 0 Å². The van der Waals surface area contributed by atoms with Gasteiger partial charge in [-0.2, -0.15) is 4.31 Å². The lowest BCUT2D eigenvalue weighted by molar-refractivity contribution is 0.164. The number of ether oxygens (including phenoxy) is 1. The van der Waals surface area contributed by atoms with Crippen LogP contribution in [0.4, 0.5) is 0 Å². The van der Waals surface area contributed by atoms with Crippen molar-refractivity contribution in [3.8, 4) is 0 Å². The molecule has 21 heavy (non-hydrogen) atoms. The minimum atomic E-state index is -3.67. The van der Waals surface area contributed by atoms with Crippen LogP contribution < -0.4 is 0 Å². The molecule has 1 atom stereocenters. The lowest BCUT2D eigenvalue weighted by Crippen LogP contribution is -2.41. The fourth-order valence-corrected chi connectivity index (χ4v) is 4.20. The first kappa shape index (κ1) is 17.0. The molecule has 1 unspecified atom stereocenters. The third-order valence-corrected chi connectivity index (χ3v) is 6.29. The van der Waals surface area contributed by atoms with Crippen molar-refractivity contribution in [2.45, 2.75) is 30.7 Å². The van der Waals surface area contributed by atoms with Crippen LogP contribution in [0.25, 0.3) is 0 Å². The number of methoxy groups -OCH3 is 1. The number of halogens is 2. The van der Waals surface area contributed by atoms with E-state index in [9.17, 15) is 8.42 Å². The number of rotatable bonds is 7. The van der Waals surface area contributed by atoms with Crippen molar-refractivity contribution in [2.24, 2.45) is 5.92 Å². The van der Waals surface area contributed by atoms with Crippen molar-refractivity contribution in [1.29, 1.82) is 0 Å². The molecule has 2 rings (SSSR count). The Morgan fingerprint density at radius 3 is 2.67 bits per heavy atom. The second-order valence-corrected chi connectivity index (χ2v) is 7.79. The molecule has 5 nitrogen and oxygen atoms in total. The third kappa shape index (κ3) is 3.87. The molecule has 0 bridgehead atoms. The molecule has 0 spiro atoms. The van der Waals surface area contributed by atoms with E-state index in [0.29, 0.717) is 19.1 Å². The van der Waals surface area contributed by atoms with E-state index in [1.165, 1.54) is 16.6 Å². The molecule has 1 aromatic heterocycles. The summed E-state index contributed by atoms with van der Waals surface area (Å²) in [6.07, 6.45) is 3.35. The number of pyridine rings is 1. The highest BCUT2D eigenvalue weighted by atomic mass is 35.5. The van der Waals surface area contributed by atoms with Gasteiger partial charge < -0.3 is 4.74 Å². The van der Waals surface area contributed by atoms with E-state index in [2.05, 4.69) is 4.98 Å². The number of nitrogens with zero attached hydrogens (tertiary/aromatic N) is 2. The molecule has 8 heteroatoms. The summed E-state index contributed by atoms with van der Waals surface area (Å²) in [4.78, 5) is 3.88. The second kappa shape index (κ2) is 6.79. The van der Waals surface area contributed by atoms with Crippen molar-refractivity contribution in [3.63, 3.8) is 0 Å². The number of aromatic nitrogens is 1. The maximum Gasteiger partial charge on any atom is 0.244 e. The molecule has 0 N–H and O–H groups in total. The molecule has 0 saturated heterocycles. The van der Waals surface area contributed by atoms with Gasteiger partial charge in [-0.25, -0.2) is 13.4 Å². The topological polar surface area (TPSA) is 59.5 Å². The van der Waals surface area contributed by atoms with Crippen LogP contribution in [-0.2, 0) is 14.8 Å². The normalized spacial score (nSPS) is 17.2. The smallest absolute Gasteiger partial charge is 0.244 e. The summed E-state index contributed by atoms with van der Waals surface area (Å²) in [5.41, 5.74) is 0. The van der Waals surface area contributed by atoms with Gasteiger partial charge in [-0.05, 0) is 31.7 Å². The van der Waals surface area contributed by atoms with Crippen LogP contribution in [0.3, 0.4) is 0 Å². The summed E-state index contributed by atoms with van der Waals surface area (Å²) in [7, 11) is -2.12. The molecule has 1 aromatic rings. The van der Waals surface area contributed by atoms with Crippen LogP contribution in [0.5, 0.6) is 0 Å². The van der Waals surface area contributed by atoms with Crippen molar-refractivity contribution in [1.82, 2.24) is 9.29 Å². The van der Waals surface area contributed by atoms with E-state index in [-0.39, 0.29) is 21.1 Å². The molecule has 0 aliphatic heterocycles. The first-order valence-electron chi connectivity index (χ1n) is 6.69. The lowest BCUT2D eigenvalue weighted by atomic mass is 10.2. The summed E-state index contributed by atoms with van der Waals surface area (Å²) < 4.78 is 32.1. The van der Waals surface area contributed by atoms with Crippen molar-refractivity contribution < 1.29 is 13.2 Å². The second-order valence-electron chi connectivity index (χ2n) is 5.13. The molecular formula is C13H18Cl2N2O3S. The van der Waals surface area contributed by atoms with E-state index in [1.807, 2.05) is 6.92 Å². The van der Waals surface area contributed by atoms with Gasteiger partial charge in [0.25, 0.3) is 0 Å². The zero-order chi connectivity index (χ0) is 15.6. The Hall–Kier alpha value is -0.400. The summed E-state index contributed by atoms with van der Waals surface area (Å²) >= 11 is 11.6. The minimum absolute atomic E-state index is 0.0560. The van der Waals surface area contributed by atoms with E-state index in [0.717, 1.165) is 12.8 Å². The summed E-state index contributed by atoms with van der Waals surface area (Å²) in [6.45, 7) is 2.57. The number of sulfonamides is 1. The first-order valence-corrected chi connectivity index (χ1v) is 8.89. The Kier molecular flexibility index (Phi) is 5.48. The molecule has 1 aliphatic rings. The van der Waals surface area contributed by atoms with Crippen molar-refractivity contribution in [2.75, 3.05) is 20.3 Å². The Morgan fingerprint density at radius 1 is 1.48 bits per heavy atom. The maximum absolute atomic E-state index is 12.8. The predicted molar refractivity (Wildman–Crippen MR) is 82.2 cm³/mol. The minimum Gasteiger partial charge on any atom is -0.383 e.